The summed E-state index contributed by atoms with van der Waals surface area (Å²) in [5.41, 5.74) is 2.94. The van der Waals surface area contributed by atoms with Gasteiger partial charge in [0.15, 0.2) is 0 Å². The number of halogens is 2. The summed E-state index contributed by atoms with van der Waals surface area (Å²) < 4.78 is 7.48. The molecule has 25 heavy (non-hydrogen) atoms. The molecule has 1 heterocycles. The summed E-state index contributed by atoms with van der Waals surface area (Å²) in [5, 5.41) is 4.57. The molecule has 130 valence electrons. The molecule has 1 N–H and O–H groups in total. The number of hydrogen-bond acceptors (Lipinski definition) is 3. The molecule has 1 aromatic heterocycles. The molecule has 0 radical (unpaired) electrons. The minimum atomic E-state index is 0.506. The van der Waals surface area contributed by atoms with Crippen LogP contribution in [0.15, 0.2) is 48.7 Å². The van der Waals surface area contributed by atoms with Crippen LogP contribution in [0, 0.1) is 0 Å². The van der Waals surface area contributed by atoms with Crippen LogP contribution < -0.4 is 10.1 Å². The summed E-state index contributed by atoms with van der Waals surface area (Å²) in [6.45, 7) is 3.13. The summed E-state index contributed by atoms with van der Waals surface area (Å²) in [4.78, 5) is 4.46. The Morgan fingerprint density at radius 2 is 1.76 bits per heavy atom. The summed E-state index contributed by atoms with van der Waals surface area (Å²) in [5.74, 6) is 1.61. The van der Waals surface area contributed by atoms with E-state index < -0.39 is 0 Å². The lowest BCUT2D eigenvalue weighted by atomic mass is 10.1. The zero-order valence-electron chi connectivity index (χ0n) is 14.1. The average molecular weight is 376 g/mol. The van der Waals surface area contributed by atoms with Gasteiger partial charge in [-0.2, -0.15) is 0 Å². The normalized spacial score (nSPS) is 10.7. The van der Waals surface area contributed by atoms with Crippen LogP contribution in [0.5, 0.6) is 5.75 Å². The molecule has 0 saturated carbocycles. The predicted octanol–water partition coefficient (Wildman–Crippen LogP) is 5.40. The average Bonchev–Trinajstić information content (AvgIpc) is 2.96. The first-order valence-electron chi connectivity index (χ1n) is 8.02. The number of benzene rings is 2. The largest absolute Gasteiger partial charge is 0.494 e. The minimum absolute atomic E-state index is 0.506. The molecule has 3 rings (SSSR count). The molecule has 0 spiro atoms. The maximum Gasteiger partial charge on any atom is 0.203 e. The summed E-state index contributed by atoms with van der Waals surface area (Å²) in [6.07, 6.45) is 1.84. The first-order chi connectivity index (χ1) is 12.1. The maximum absolute atomic E-state index is 6.21. The Bertz CT molecular complexity index is 839. The van der Waals surface area contributed by atoms with E-state index in [-0.39, 0.29) is 0 Å². The van der Waals surface area contributed by atoms with E-state index in [1.54, 1.807) is 0 Å². The number of ether oxygens (including phenoxy) is 1. The zero-order chi connectivity index (χ0) is 17.8. The van der Waals surface area contributed by atoms with Crippen molar-refractivity contribution in [3.05, 3.63) is 64.3 Å². The highest BCUT2D eigenvalue weighted by Crippen LogP contribution is 2.27. The van der Waals surface area contributed by atoms with Crippen molar-refractivity contribution in [2.75, 3.05) is 11.9 Å². The van der Waals surface area contributed by atoms with E-state index in [1.165, 1.54) is 0 Å². The zero-order valence-corrected chi connectivity index (χ0v) is 15.6. The van der Waals surface area contributed by atoms with Gasteiger partial charge >= 0.3 is 0 Å². The first kappa shape index (κ1) is 17.6. The van der Waals surface area contributed by atoms with Crippen molar-refractivity contribution in [2.45, 2.75) is 13.5 Å². The van der Waals surface area contributed by atoms with E-state index in [0.717, 1.165) is 28.5 Å². The van der Waals surface area contributed by atoms with Crippen LogP contribution in [-0.2, 0) is 13.6 Å². The predicted molar refractivity (Wildman–Crippen MR) is 104 cm³/mol. The van der Waals surface area contributed by atoms with E-state index in [2.05, 4.69) is 10.3 Å². The molecule has 0 saturated heterocycles. The second-order valence-corrected chi connectivity index (χ2v) is 6.35. The molecule has 0 aliphatic carbocycles. The van der Waals surface area contributed by atoms with Crippen LogP contribution in [0.25, 0.3) is 11.3 Å². The third-order valence-electron chi connectivity index (χ3n) is 3.93. The first-order valence-corrected chi connectivity index (χ1v) is 8.77. The van der Waals surface area contributed by atoms with Crippen molar-refractivity contribution in [2.24, 2.45) is 7.05 Å². The van der Waals surface area contributed by atoms with Crippen LogP contribution in [0.2, 0.25) is 10.0 Å². The fourth-order valence-corrected chi connectivity index (χ4v) is 3.13. The monoisotopic (exact) mass is 375 g/mol. The topological polar surface area (TPSA) is 39.1 Å². The molecule has 0 unspecified atom stereocenters. The van der Waals surface area contributed by atoms with E-state index >= 15 is 0 Å². The number of nitrogens with zero attached hydrogens (tertiary/aromatic N) is 2. The Morgan fingerprint density at radius 1 is 1.08 bits per heavy atom. The van der Waals surface area contributed by atoms with E-state index in [1.807, 2.05) is 67.2 Å². The van der Waals surface area contributed by atoms with Crippen molar-refractivity contribution >= 4 is 29.2 Å². The van der Waals surface area contributed by atoms with Crippen molar-refractivity contribution in [1.82, 2.24) is 9.55 Å². The highest BCUT2D eigenvalue weighted by atomic mass is 35.5. The smallest absolute Gasteiger partial charge is 0.203 e. The number of rotatable bonds is 6. The van der Waals surface area contributed by atoms with Crippen LogP contribution >= 0.6 is 23.2 Å². The van der Waals surface area contributed by atoms with Gasteiger partial charge in [0.1, 0.15) is 5.75 Å². The maximum atomic E-state index is 6.21. The number of imidazole rings is 1. The van der Waals surface area contributed by atoms with Crippen molar-refractivity contribution in [3.8, 4) is 17.0 Å². The third-order valence-corrected chi connectivity index (χ3v) is 4.64. The molecule has 0 amide bonds. The van der Waals surface area contributed by atoms with Gasteiger partial charge in [0.2, 0.25) is 5.95 Å². The molecule has 4 nitrogen and oxygen atoms in total. The van der Waals surface area contributed by atoms with Crippen LogP contribution in [0.3, 0.4) is 0 Å². The number of anilines is 1. The second kappa shape index (κ2) is 7.81. The van der Waals surface area contributed by atoms with Crippen molar-refractivity contribution in [3.63, 3.8) is 0 Å². The fourth-order valence-electron chi connectivity index (χ4n) is 2.60. The SMILES string of the molecule is CCOc1ccc(-c2cnc(NCc3c(Cl)cccc3Cl)n2C)cc1. The highest BCUT2D eigenvalue weighted by molar-refractivity contribution is 6.36. The lowest BCUT2D eigenvalue weighted by Crippen LogP contribution is -2.06. The third kappa shape index (κ3) is 3.91. The lowest BCUT2D eigenvalue weighted by Gasteiger charge is -2.11. The summed E-state index contributed by atoms with van der Waals surface area (Å²) in [6, 6.07) is 13.5. The molecule has 0 bridgehead atoms. The molecule has 0 atom stereocenters. The van der Waals surface area contributed by atoms with Gasteiger partial charge in [0.25, 0.3) is 0 Å². The van der Waals surface area contributed by atoms with Gasteiger partial charge in [-0.15, -0.1) is 0 Å². The second-order valence-electron chi connectivity index (χ2n) is 5.54. The Hall–Kier alpha value is -2.17. The highest BCUT2D eigenvalue weighted by Gasteiger charge is 2.10. The molecule has 3 aromatic rings. The Kier molecular flexibility index (Phi) is 5.51. The van der Waals surface area contributed by atoms with Gasteiger partial charge in [-0.1, -0.05) is 29.3 Å². The lowest BCUT2D eigenvalue weighted by molar-refractivity contribution is 0.340. The Balaban J connectivity index is 1.77. The molecule has 0 aliphatic heterocycles. The summed E-state index contributed by atoms with van der Waals surface area (Å²) >= 11 is 12.4. The van der Waals surface area contributed by atoms with Crippen LogP contribution in [0.4, 0.5) is 5.95 Å². The molecule has 6 heteroatoms. The molecule has 0 aliphatic rings. The number of nitrogens with one attached hydrogen (secondary N) is 1. The van der Waals surface area contributed by atoms with E-state index in [0.29, 0.717) is 23.2 Å². The molecular weight excluding hydrogens is 357 g/mol. The number of hydrogen-bond donors (Lipinski definition) is 1. The van der Waals surface area contributed by atoms with Crippen LogP contribution in [-0.4, -0.2) is 16.2 Å². The van der Waals surface area contributed by atoms with Gasteiger partial charge < -0.3 is 14.6 Å². The molecular formula is C19H19Cl2N3O. The van der Waals surface area contributed by atoms with Gasteiger partial charge in [0.05, 0.1) is 18.5 Å². The van der Waals surface area contributed by atoms with E-state index in [4.69, 9.17) is 27.9 Å². The standard InChI is InChI=1S/C19H19Cl2N3O/c1-3-25-14-9-7-13(8-10-14)18-12-23-19(24(18)2)22-11-15-16(20)5-4-6-17(15)21/h4-10,12H,3,11H2,1-2H3,(H,22,23). The minimum Gasteiger partial charge on any atom is -0.494 e. The van der Waals surface area contributed by atoms with Crippen LogP contribution in [0.1, 0.15) is 12.5 Å². The Labute approximate surface area is 157 Å². The van der Waals surface area contributed by atoms with Gasteiger partial charge in [-0.05, 0) is 43.3 Å². The fraction of sp³-hybridized carbons (Fsp3) is 0.211. The quantitative estimate of drug-likeness (QED) is 0.626. The molecule has 2 aromatic carbocycles. The number of aromatic nitrogens is 2. The van der Waals surface area contributed by atoms with Gasteiger partial charge in [0, 0.05) is 34.8 Å². The van der Waals surface area contributed by atoms with E-state index in [9.17, 15) is 0 Å². The van der Waals surface area contributed by atoms with Crippen molar-refractivity contribution in [1.29, 1.82) is 0 Å². The molecule has 0 fully saturated rings. The Morgan fingerprint density at radius 3 is 2.40 bits per heavy atom. The summed E-state index contributed by atoms with van der Waals surface area (Å²) in [7, 11) is 1.97. The van der Waals surface area contributed by atoms with Crippen molar-refractivity contribution < 1.29 is 4.74 Å². The van der Waals surface area contributed by atoms with Gasteiger partial charge in [-0.25, -0.2) is 4.98 Å². The van der Waals surface area contributed by atoms with Gasteiger partial charge in [-0.3, -0.25) is 0 Å².